The molecule has 0 radical (unpaired) electrons. The van der Waals surface area contributed by atoms with Gasteiger partial charge in [-0.2, -0.15) is 0 Å². The van der Waals surface area contributed by atoms with Gasteiger partial charge in [-0.3, -0.25) is 14.5 Å². The second-order valence-corrected chi connectivity index (χ2v) is 7.85. The highest BCUT2D eigenvalue weighted by molar-refractivity contribution is 9.10. The number of hydrogen-bond acceptors (Lipinski definition) is 4. The van der Waals surface area contributed by atoms with Crippen LogP contribution in [0.3, 0.4) is 0 Å². The van der Waals surface area contributed by atoms with Crippen molar-refractivity contribution in [3.8, 4) is 11.3 Å². The molecular weight excluding hydrogens is 431 g/mol. The van der Waals surface area contributed by atoms with Crippen molar-refractivity contribution in [2.24, 2.45) is 0 Å². The molecule has 0 fully saturated rings. The van der Waals surface area contributed by atoms with Gasteiger partial charge < -0.3 is 0 Å². The largest absolute Gasteiger partial charge is 0.296 e. The van der Waals surface area contributed by atoms with Crippen LogP contribution < -0.4 is 5.32 Å². The number of nitrogens with zero attached hydrogens (tertiary/aromatic N) is 3. The summed E-state index contributed by atoms with van der Waals surface area (Å²) in [4.78, 5) is 21.8. The van der Waals surface area contributed by atoms with Crippen LogP contribution in [0.5, 0.6) is 0 Å². The molecular formula is C19H14BrFN4OS. The van der Waals surface area contributed by atoms with Gasteiger partial charge in [-0.25, -0.2) is 14.4 Å². The third-order valence-electron chi connectivity index (χ3n) is 4.12. The molecule has 0 aliphatic carbocycles. The number of halogens is 2. The van der Waals surface area contributed by atoms with Crippen molar-refractivity contribution in [2.75, 3.05) is 5.32 Å². The van der Waals surface area contributed by atoms with Crippen molar-refractivity contribution in [2.45, 2.75) is 13.8 Å². The van der Waals surface area contributed by atoms with Crippen molar-refractivity contribution >= 4 is 44.0 Å². The molecule has 0 unspecified atom stereocenters. The molecule has 0 aliphatic rings. The van der Waals surface area contributed by atoms with E-state index in [4.69, 9.17) is 0 Å². The van der Waals surface area contributed by atoms with Gasteiger partial charge >= 0.3 is 0 Å². The van der Waals surface area contributed by atoms with Gasteiger partial charge in [-0.05, 0) is 65.7 Å². The lowest BCUT2D eigenvalue weighted by Crippen LogP contribution is -2.15. The number of carbonyl (C=O) groups excluding carboxylic acids is 1. The molecule has 1 aromatic carbocycles. The Balaban J connectivity index is 1.64. The summed E-state index contributed by atoms with van der Waals surface area (Å²) >= 11 is 4.78. The normalized spacial score (nSPS) is 11.1. The molecule has 0 saturated heterocycles. The number of benzene rings is 1. The van der Waals surface area contributed by atoms with E-state index >= 15 is 0 Å². The lowest BCUT2D eigenvalue weighted by atomic mass is 10.2. The molecule has 0 aliphatic heterocycles. The van der Waals surface area contributed by atoms with Gasteiger partial charge in [-0.15, -0.1) is 11.3 Å². The summed E-state index contributed by atoms with van der Waals surface area (Å²) in [5.74, 6) is -0.579. The Morgan fingerprint density at radius 2 is 1.96 bits per heavy atom. The average molecular weight is 445 g/mol. The Bertz CT molecular complexity index is 1170. The summed E-state index contributed by atoms with van der Waals surface area (Å²) in [7, 11) is 0. The molecule has 1 N–H and O–H groups in total. The fourth-order valence-corrected chi connectivity index (χ4v) is 4.16. The van der Waals surface area contributed by atoms with Crippen LogP contribution in [0.25, 0.3) is 16.9 Å². The van der Waals surface area contributed by atoms with Crippen molar-refractivity contribution < 1.29 is 9.18 Å². The van der Waals surface area contributed by atoms with E-state index in [0.717, 1.165) is 21.2 Å². The van der Waals surface area contributed by atoms with Crippen LogP contribution in [-0.4, -0.2) is 20.3 Å². The molecule has 0 bridgehead atoms. The number of carbonyl (C=O) groups is 1. The minimum absolute atomic E-state index is 0.280. The quantitative estimate of drug-likeness (QED) is 0.470. The molecule has 0 spiro atoms. The molecule has 3 heterocycles. The smallest absolute Gasteiger partial charge is 0.276 e. The van der Waals surface area contributed by atoms with Crippen molar-refractivity contribution in [1.29, 1.82) is 0 Å². The number of amides is 1. The number of thiazole rings is 1. The van der Waals surface area contributed by atoms with Gasteiger partial charge in [0.05, 0.1) is 11.4 Å². The van der Waals surface area contributed by atoms with Crippen LogP contribution >= 0.6 is 27.3 Å². The van der Waals surface area contributed by atoms with Crippen LogP contribution in [0.15, 0.2) is 46.4 Å². The van der Waals surface area contributed by atoms with Gasteiger partial charge in [0.2, 0.25) is 0 Å². The molecule has 4 rings (SSSR count). The third kappa shape index (κ3) is 3.38. The topological polar surface area (TPSA) is 59.3 Å². The van der Waals surface area contributed by atoms with E-state index in [9.17, 15) is 9.18 Å². The molecule has 3 aromatic heterocycles. The summed E-state index contributed by atoms with van der Waals surface area (Å²) in [6.07, 6.45) is 1.82. The highest BCUT2D eigenvalue weighted by Crippen LogP contribution is 2.26. The zero-order valence-corrected chi connectivity index (χ0v) is 16.9. The molecule has 4 aromatic rings. The number of aromatic nitrogens is 3. The SMILES string of the molecule is Cc1nc2c(C)cc(Br)cn2c1C(=O)Nc1nc(-c2ccc(F)cc2)cs1. The highest BCUT2D eigenvalue weighted by Gasteiger charge is 2.19. The van der Waals surface area contributed by atoms with E-state index in [1.165, 1.54) is 23.5 Å². The van der Waals surface area contributed by atoms with Crippen molar-refractivity contribution in [3.05, 3.63) is 69.1 Å². The first-order chi connectivity index (χ1) is 12.9. The van der Waals surface area contributed by atoms with Crippen LogP contribution in [0, 0.1) is 19.7 Å². The Hall–Kier alpha value is -2.58. The number of aryl methyl sites for hydroxylation is 2. The van der Waals surface area contributed by atoms with E-state index in [0.29, 0.717) is 22.2 Å². The molecule has 1 amide bonds. The van der Waals surface area contributed by atoms with Crippen LogP contribution in [0.4, 0.5) is 9.52 Å². The molecule has 5 nitrogen and oxygen atoms in total. The standard InChI is InChI=1S/C19H14BrFN4OS/c1-10-7-13(20)8-25-16(11(2)22-17(10)25)18(26)24-19-23-15(9-27-19)12-3-5-14(21)6-4-12/h3-9H,1-2H3,(H,23,24,26). The maximum absolute atomic E-state index is 13.1. The van der Waals surface area contributed by atoms with Gasteiger partial charge in [0, 0.05) is 21.6 Å². The summed E-state index contributed by atoms with van der Waals surface area (Å²) in [5.41, 5.74) is 4.30. The molecule has 8 heteroatoms. The minimum atomic E-state index is -0.299. The number of fused-ring (bicyclic) bond motifs is 1. The predicted octanol–water partition coefficient (Wildman–Crippen LogP) is 5.23. The number of imidazole rings is 1. The van der Waals surface area contributed by atoms with Gasteiger partial charge in [0.1, 0.15) is 17.2 Å². The lowest BCUT2D eigenvalue weighted by molar-refractivity contribution is 0.102. The average Bonchev–Trinajstić information content (AvgIpc) is 3.19. The van der Waals surface area contributed by atoms with E-state index < -0.39 is 0 Å². The second kappa shape index (κ2) is 6.86. The fourth-order valence-electron chi connectivity index (χ4n) is 2.90. The van der Waals surface area contributed by atoms with E-state index in [1.807, 2.05) is 24.6 Å². The van der Waals surface area contributed by atoms with Gasteiger partial charge in [0.25, 0.3) is 5.91 Å². The van der Waals surface area contributed by atoms with Crippen LogP contribution in [0.2, 0.25) is 0 Å². The highest BCUT2D eigenvalue weighted by atomic mass is 79.9. The zero-order valence-electron chi connectivity index (χ0n) is 14.5. The maximum atomic E-state index is 13.1. The summed E-state index contributed by atoms with van der Waals surface area (Å²) in [6.45, 7) is 3.76. The Kier molecular flexibility index (Phi) is 4.53. The van der Waals surface area contributed by atoms with Gasteiger partial charge in [0.15, 0.2) is 5.13 Å². The van der Waals surface area contributed by atoms with Gasteiger partial charge in [-0.1, -0.05) is 0 Å². The van der Waals surface area contributed by atoms with E-state index in [2.05, 4.69) is 31.2 Å². The Morgan fingerprint density at radius 3 is 2.70 bits per heavy atom. The van der Waals surface area contributed by atoms with Crippen LogP contribution in [-0.2, 0) is 0 Å². The van der Waals surface area contributed by atoms with Crippen molar-refractivity contribution in [3.63, 3.8) is 0 Å². The first-order valence-electron chi connectivity index (χ1n) is 8.10. The monoisotopic (exact) mass is 444 g/mol. The zero-order chi connectivity index (χ0) is 19.1. The lowest BCUT2D eigenvalue weighted by Gasteiger charge is -2.05. The first kappa shape index (κ1) is 17.8. The number of rotatable bonds is 3. The summed E-state index contributed by atoms with van der Waals surface area (Å²) < 4.78 is 15.7. The maximum Gasteiger partial charge on any atom is 0.276 e. The summed E-state index contributed by atoms with van der Waals surface area (Å²) in [5, 5.41) is 5.13. The number of nitrogens with one attached hydrogen (secondary N) is 1. The third-order valence-corrected chi connectivity index (χ3v) is 5.32. The molecule has 27 heavy (non-hydrogen) atoms. The Labute approximate surface area is 167 Å². The fraction of sp³-hybridized carbons (Fsp3) is 0.105. The Morgan fingerprint density at radius 1 is 1.22 bits per heavy atom. The van der Waals surface area contributed by atoms with Crippen molar-refractivity contribution in [1.82, 2.24) is 14.4 Å². The number of hydrogen-bond donors (Lipinski definition) is 1. The first-order valence-corrected chi connectivity index (χ1v) is 9.77. The molecule has 0 atom stereocenters. The molecule has 136 valence electrons. The summed E-state index contributed by atoms with van der Waals surface area (Å²) in [6, 6.07) is 8.04. The predicted molar refractivity (Wildman–Crippen MR) is 108 cm³/mol. The second-order valence-electron chi connectivity index (χ2n) is 6.08. The van der Waals surface area contributed by atoms with Crippen LogP contribution in [0.1, 0.15) is 21.7 Å². The number of pyridine rings is 1. The molecule has 0 saturated carbocycles. The minimum Gasteiger partial charge on any atom is -0.296 e. The van der Waals surface area contributed by atoms with E-state index in [1.54, 1.807) is 23.5 Å². The number of anilines is 1. The van der Waals surface area contributed by atoms with E-state index in [-0.39, 0.29) is 11.7 Å².